The van der Waals surface area contributed by atoms with Crippen LogP contribution in [0, 0.1) is 5.41 Å². The maximum atomic E-state index is 9.63. The van der Waals surface area contributed by atoms with Gasteiger partial charge in [0.05, 0.1) is 30.9 Å². The summed E-state index contributed by atoms with van der Waals surface area (Å²) >= 11 is 1.96. The fraction of sp³-hybridized carbons (Fsp3) is 0.600. The van der Waals surface area contributed by atoms with Crippen molar-refractivity contribution in [1.29, 1.82) is 0 Å². The first-order valence-corrected chi connectivity index (χ1v) is 7.80. The summed E-state index contributed by atoms with van der Waals surface area (Å²) in [5.74, 6) is 0. The quantitative estimate of drug-likeness (QED) is 0.921. The molecule has 3 nitrogen and oxygen atoms in total. The highest BCUT2D eigenvalue weighted by Crippen LogP contribution is 2.39. The summed E-state index contributed by atoms with van der Waals surface area (Å²) in [4.78, 5) is 3.80. The van der Waals surface area contributed by atoms with Crippen LogP contribution < -0.4 is 4.90 Å². The van der Waals surface area contributed by atoms with Crippen molar-refractivity contribution in [2.45, 2.75) is 23.5 Å². The number of fused-ring (bicyclic) bond motifs is 1. The summed E-state index contributed by atoms with van der Waals surface area (Å²) < 4.78 is 5.32. The molecule has 0 aliphatic carbocycles. The molecule has 1 atom stereocenters. The van der Waals surface area contributed by atoms with Crippen LogP contribution in [0.25, 0.3) is 0 Å². The Morgan fingerprint density at radius 2 is 2.21 bits per heavy atom. The highest BCUT2D eigenvalue weighted by Gasteiger charge is 2.40. The number of aliphatic hydroxyl groups is 1. The van der Waals surface area contributed by atoms with Gasteiger partial charge in [-0.05, 0) is 18.6 Å². The number of ether oxygens (including phenoxy) is 1. The van der Waals surface area contributed by atoms with E-state index in [0.29, 0.717) is 18.5 Å². The summed E-state index contributed by atoms with van der Waals surface area (Å²) in [6.45, 7) is 5.84. The fourth-order valence-electron chi connectivity index (χ4n) is 2.74. The summed E-state index contributed by atoms with van der Waals surface area (Å²) in [6.07, 6.45) is 1.18. The lowest BCUT2D eigenvalue weighted by atomic mass is 9.86. The Balaban J connectivity index is 1.85. The van der Waals surface area contributed by atoms with E-state index < -0.39 is 0 Å². The molecule has 4 heteroatoms. The second-order valence-electron chi connectivity index (χ2n) is 5.76. The molecule has 1 saturated heterocycles. The van der Waals surface area contributed by atoms with Gasteiger partial charge in [0.1, 0.15) is 0 Å². The van der Waals surface area contributed by atoms with Gasteiger partial charge < -0.3 is 14.7 Å². The second-order valence-corrected chi connectivity index (χ2v) is 7.24. The normalized spacial score (nSPS) is 25.4. The fourth-order valence-corrected chi connectivity index (χ4v) is 3.88. The SMILES string of the molecule is CC1CCN(CC2(CO)COC2)c2ccccc2S1. The first kappa shape index (κ1) is 13.3. The molecule has 0 bridgehead atoms. The molecule has 1 aromatic carbocycles. The minimum Gasteiger partial charge on any atom is -0.396 e. The van der Waals surface area contributed by atoms with Gasteiger partial charge >= 0.3 is 0 Å². The highest BCUT2D eigenvalue weighted by molar-refractivity contribution is 8.00. The van der Waals surface area contributed by atoms with Crippen LogP contribution in [0.1, 0.15) is 13.3 Å². The van der Waals surface area contributed by atoms with Crippen molar-refractivity contribution in [1.82, 2.24) is 0 Å². The lowest BCUT2D eigenvalue weighted by Gasteiger charge is -2.44. The molecule has 19 heavy (non-hydrogen) atoms. The van der Waals surface area contributed by atoms with Gasteiger partial charge in [-0.3, -0.25) is 0 Å². The van der Waals surface area contributed by atoms with Crippen LogP contribution in [0.5, 0.6) is 0 Å². The van der Waals surface area contributed by atoms with Crippen LogP contribution in [0.3, 0.4) is 0 Å². The minimum atomic E-state index is -0.0502. The highest BCUT2D eigenvalue weighted by atomic mass is 32.2. The molecule has 1 aromatic rings. The third-order valence-electron chi connectivity index (χ3n) is 4.02. The lowest BCUT2D eigenvalue weighted by molar-refractivity contribution is -0.131. The number of anilines is 1. The Bertz CT molecular complexity index is 442. The topological polar surface area (TPSA) is 32.7 Å². The second kappa shape index (κ2) is 5.35. The molecule has 2 heterocycles. The Labute approximate surface area is 118 Å². The van der Waals surface area contributed by atoms with E-state index in [1.807, 2.05) is 11.8 Å². The van der Waals surface area contributed by atoms with Crippen LogP contribution >= 0.6 is 11.8 Å². The average Bonchev–Trinajstić information content (AvgIpc) is 2.53. The van der Waals surface area contributed by atoms with E-state index in [1.54, 1.807) is 0 Å². The molecule has 1 fully saturated rings. The Hall–Kier alpha value is -0.710. The van der Waals surface area contributed by atoms with Crippen LogP contribution in [0.4, 0.5) is 5.69 Å². The molecule has 1 N–H and O–H groups in total. The van der Waals surface area contributed by atoms with Crippen molar-refractivity contribution >= 4 is 17.4 Å². The molecular weight excluding hydrogens is 258 g/mol. The van der Waals surface area contributed by atoms with Crippen LogP contribution in [0.15, 0.2) is 29.2 Å². The summed E-state index contributed by atoms with van der Waals surface area (Å²) in [6, 6.07) is 8.62. The van der Waals surface area contributed by atoms with Crippen molar-refractivity contribution in [3.05, 3.63) is 24.3 Å². The zero-order valence-electron chi connectivity index (χ0n) is 11.3. The number of thioether (sulfide) groups is 1. The standard InChI is InChI=1S/C15H21NO2S/c1-12-6-7-16(8-15(9-17)10-18-11-15)13-4-2-3-5-14(13)19-12/h2-5,12,17H,6-11H2,1H3. The minimum absolute atomic E-state index is 0.0502. The monoisotopic (exact) mass is 279 g/mol. The molecule has 3 rings (SSSR count). The van der Waals surface area contributed by atoms with Crippen LogP contribution in [-0.4, -0.2) is 43.3 Å². The first-order valence-electron chi connectivity index (χ1n) is 6.92. The van der Waals surface area contributed by atoms with Crippen molar-refractivity contribution in [3.8, 4) is 0 Å². The number of nitrogens with zero attached hydrogens (tertiary/aromatic N) is 1. The van der Waals surface area contributed by atoms with Crippen molar-refractivity contribution in [2.24, 2.45) is 5.41 Å². The number of benzene rings is 1. The van der Waals surface area contributed by atoms with Gasteiger partial charge in [0, 0.05) is 23.2 Å². The Morgan fingerprint density at radius 3 is 2.89 bits per heavy atom. The molecule has 0 aromatic heterocycles. The maximum absolute atomic E-state index is 9.63. The van der Waals surface area contributed by atoms with Crippen molar-refractivity contribution < 1.29 is 9.84 Å². The zero-order valence-corrected chi connectivity index (χ0v) is 12.2. The molecule has 1 unspecified atom stereocenters. The lowest BCUT2D eigenvalue weighted by Crippen LogP contribution is -2.53. The number of aliphatic hydroxyl groups excluding tert-OH is 1. The number of hydrogen-bond donors (Lipinski definition) is 1. The number of rotatable bonds is 3. The Kier molecular flexibility index (Phi) is 3.74. The molecule has 2 aliphatic heterocycles. The van der Waals surface area contributed by atoms with Gasteiger partial charge in [0.15, 0.2) is 0 Å². The van der Waals surface area contributed by atoms with Gasteiger partial charge in [-0.1, -0.05) is 19.1 Å². The van der Waals surface area contributed by atoms with E-state index in [0.717, 1.165) is 13.1 Å². The third-order valence-corrected chi connectivity index (χ3v) is 5.26. The summed E-state index contributed by atoms with van der Waals surface area (Å²) in [5, 5.41) is 10.3. The van der Waals surface area contributed by atoms with E-state index in [9.17, 15) is 5.11 Å². The Morgan fingerprint density at radius 1 is 1.42 bits per heavy atom. The van der Waals surface area contributed by atoms with Gasteiger partial charge in [-0.15, -0.1) is 11.8 Å². The molecule has 2 aliphatic rings. The molecular formula is C15H21NO2S. The van der Waals surface area contributed by atoms with Crippen LogP contribution in [0.2, 0.25) is 0 Å². The molecule has 0 spiro atoms. The molecule has 0 amide bonds. The van der Waals surface area contributed by atoms with E-state index in [4.69, 9.17) is 4.74 Å². The van der Waals surface area contributed by atoms with E-state index in [-0.39, 0.29) is 12.0 Å². The smallest absolute Gasteiger partial charge is 0.0584 e. The predicted molar refractivity (Wildman–Crippen MR) is 78.9 cm³/mol. The largest absolute Gasteiger partial charge is 0.396 e. The molecule has 104 valence electrons. The first-order chi connectivity index (χ1) is 9.22. The van der Waals surface area contributed by atoms with Gasteiger partial charge in [-0.25, -0.2) is 0 Å². The molecule has 0 saturated carbocycles. The maximum Gasteiger partial charge on any atom is 0.0584 e. The molecule has 0 radical (unpaired) electrons. The number of para-hydroxylation sites is 1. The van der Waals surface area contributed by atoms with Crippen molar-refractivity contribution in [3.63, 3.8) is 0 Å². The van der Waals surface area contributed by atoms with Gasteiger partial charge in [0.25, 0.3) is 0 Å². The zero-order chi connectivity index (χ0) is 13.3. The average molecular weight is 279 g/mol. The summed E-state index contributed by atoms with van der Waals surface area (Å²) in [5.41, 5.74) is 1.27. The predicted octanol–water partition coefficient (Wildman–Crippen LogP) is 2.39. The summed E-state index contributed by atoms with van der Waals surface area (Å²) in [7, 11) is 0. The van der Waals surface area contributed by atoms with Gasteiger partial charge in [0.2, 0.25) is 0 Å². The number of hydrogen-bond acceptors (Lipinski definition) is 4. The third kappa shape index (κ3) is 2.62. The van der Waals surface area contributed by atoms with E-state index in [2.05, 4.69) is 36.1 Å². The van der Waals surface area contributed by atoms with Crippen LogP contribution in [-0.2, 0) is 4.74 Å². The van der Waals surface area contributed by atoms with Crippen molar-refractivity contribution in [2.75, 3.05) is 37.8 Å². The van der Waals surface area contributed by atoms with E-state index >= 15 is 0 Å². The van der Waals surface area contributed by atoms with E-state index in [1.165, 1.54) is 17.0 Å². The van der Waals surface area contributed by atoms with Gasteiger partial charge in [-0.2, -0.15) is 0 Å².